The van der Waals surface area contributed by atoms with E-state index in [1.165, 1.54) is 5.57 Å². The number of hydrogen-bond donors (Lipinski definition) is 1. The van der Waals surface area contributed by atoms with Crippen LogP contribution in [-0.2, 0) is 0 Å². The van der Waals surface area contributed by atoms with Crippen LogP contribution >= 0.6 is 0 Å². The number of nitrogens with one attached hydrogen (secondary N) is 1. The maximum absolute atomic E-state index is 3.75. The maximum atomic E-state index is 3.75. The van der Waals surface area contributed by atoms with Gasteiger partial charge in [0.05, 0.1) is 0 Å². The average molecular weight is 159 g/mol. The van der Waals surface area contributed by atoms with Crippen LogP contribution in [0.4, 0.5) is 0 Å². The van der Waals surface area contributed by atoms with E-state index in [2.05, 4.69) is 30.1 Å². The van der Waals surface area contributed by atoms with Gasteiger partial charge in [0.25, 0.3) is 0 Å². The summed E-state index contributed by atoms with van der Waals surface area (Å²) in [6.45, 7) is 4.71. The first-order valence-corrected chi connectivity index (χ1v) is 4.34. The zero-order valence-electron chi connectivity index (χ0n) is 7.14. The molecule has 0 saturated carbocycles. The van der Waals surface area contributed by atoms with Crippen LogP contribution in [0.15, 0.2) is 47.7 Å². The Kier molecular flexibility index (Phi) is 1.86. The summed E-state index contributed by atoms with van der Waals surface area (Å²) in [4.78, 5) is 0. The fraction of sp³-hybridized carbons (Fsp3) is 0.273. The largest absolute Gasteiger partial charge is 0.381 e. The van der Waals surface area contributed by atoms with Gasteiger partial charge >= 0.3 is 0 Å². The molecule has 62 valence electrons. The van der Waals surface area contributed by atoms with E-state index in [0.29, 0.717) is 0 Å². The molecule has 0 radical (unpaired) electrons. The Hall–Kier alpha value is -1.24. The Labute approximate surface area is 73.2 Å². The van der Waals surface area contributed by atoms with Crippen LogP contribution in [0.25, 0.3) is 0 Å². The van der Waals surface area contributed by atoms with Crippen molar-refractivity contribution >= 4 is 0 Å². The molecule has 0 atom stereocenters. The summed E-state index contributed by atoms with van der Waals surface area (Å²) in [5.74, 6) is 0. The van der Waals surface area contributed by atoms with Crippen LogP contribution in [0, 0.1) is 0 Å². The molecule has 1 nitrogen and oxygen atoms in total. The van der Waals surface area contributed by atoms with Crippen LogP contribution in [0.2, 0.25) is 0 Å². The standard InChI is InChI=1S/C11H13N/c1-2-11-7-6-9-4-3-5-10(9)8-12-11/h2-3,5,7,12H,1,4,6,8H2. The third-order valence-electron chi connectivity index (χ3n) is 2.41. The molecule has 0 aromatic rings. The first-order chi connectivity index (χ1) is 5.90. The quantitative estimate of drug-likeness (QED) is 0.619. The van der Waals surface area contributed by atoms with Crippen molar-refractivity contribution in [3.63, 3.8) is 0 Å². The molecule has 1 aliphatic heterocycles. The second-order valence-electron chi connectivity index (χ2n) is 3.16. The summed E-state index contributed by atoms with van der Waals surface area (Å²) in [6.07, 6.45) is 10.8. The third kappa shape index (κ3) is 1.22. The summed E-state index contributed by atoms with van der Waals surface area (Å²) in [5.41, 5.74) is 4.18. The molecule has 12 heavy (non-hydrogen) atoms. The highest BCUT2D eigenvalue weighted by Gasteiger charge is 2.10. The summed E-state index contributed by atoms with van der Waals surface area (Å²) in [5, 5.41) is 3.34. The minimum Gasteiger partial charge on any atom is -0.381 e. The minimum atomic E-state index is 0.962. The first kappa shape index (κ1) is 7.41. The summed E-state index contributed by atoms with van der Waals surface area (Å²) in [6, 6.07) is 0. The second kappa shape index (κ2) is 3.02. The van der Waals surface area contributed by atoms with Gasteiger partial charge in [-0.2, -0.15) is 0 Å². The predicted molar refractivity (Wildman–Crippen MR) is 51.7 cm³/mol. The molecule has 0 saturated heterocycles. The molecule has 0 aromatic heterocycles. The van der Waals surface area contributed by atoms with Crippen molar-refractivity contribution in [2.75, 3.05) is 6.54 Å². The molecule has 0 unspecified atom stereocenters. The molecule has 0 amide bonds. The Bertz CT molecular complexity index is 292. The van der Waals surface area contributed by atoms with Gasteiger partial charge in [0.1, 0.15) is 0 Å². The van der Waals surface area contributed by atoms with Crippen LogP contribution in [0.5, 0.6) is 0 Å². The highest BCUT2D eigenvalue weighted by Crippen LogP contribution is 2.24. The lowest BCUT2D eigenvalue weighted by atomic mass is 10.1. The van der Waals surface area contributed by atoms with Crippen molar-refractivity contribution in [3.05, 3.63) is 47.7 Å². The molecule has 0 spiro atoms. The molecule has 1 heteroatoms. The lowest BCUT2D eigenvalue weighted by molar-refractivity contribution is 0.917. The smallest absolute Gasteiger partial charge is 0.0400 e. The average Bonchev–Trinajstić information content (AvgIpc) is 2.46. The highest BCUT2D eigenvalue weighted by molar-refractivity contribution is 5.39. The lowest BCUT2D eigenvalue weighted by Gasteiger charge is -2.03. The van der Waals surface area contributed by atoms with Crippen molar-refractivity contribution in [2.24, 2.45) is 0 Å². The van der Waals surface area contributed by atoms with Crippen molar-refractivity contribution in [2.45, 2.75) is 12.8 Å². The second-order valence-corrected chi connectivity index (χ2v) is 3.16. The molecule has 1 heterocycles. The Morgan fingerprint density at radius 1 is 1.42 bits per heavy atom. The Balaban J connectivity index is 2.16. The van der Waals surface area contributed by atoms with Crippen molar-refractivity contribution in [1.29, 1.82) is 0 Å². The van der Waals surface area contributed by atoms with E-state index in [4.69, 9.17) is 0 Å². The maximum Gasteiger partial charge on any atom is 0.0400 e. The van der Waals surface area contributed by atoms with Crippen LogP contribution in [0.3, 0.4) is 0 Å². The normalized spacial score (nSPS) is 21.2. The predicted octanol–water partition coefficient (Wildman–Crippen LogP) is 2.31. The van der Waals surface area contributed by atoms with Gasteiger partial charge in [-0.15, -0.1) is 0 Å². The van der Waals surface area contributed by atoms with E-state index < -0.39 is 0 Å². The van der Waals surface area contributed by atoms with Gasteiger partial charge in [0, 0.05) is 12.2 Å². The highest BCUT2D eigenvalue weighted by atomic mass is 14.9. The fourth-order valence-corrected chi connectivity index (χ4v) is 1.65. The number of hydrogen-bond acceptors (Lipinski definition) is 1. The van der Waals surface area contributed by atoms with Crippen molar-refractivity contribution < 1.29 is 0 Å². The fourth-order valence-electron chi connectivity index (χ4n) is 1.65. The molecule has 1 N–H and O–H groups in total. The van der Waals surface area contributed by atoms with Gasteiger partial charge < -0.3 is 5.32 Å². The van der Waals surface area contributed by atoms with E-state index in [-0.39, 0.29) is 0 Å². The SMILES string of the molecule is C=CC1=CCC2=C(C=CC2)CN1. The number of allylic oxidation sites excluding steroid dienone is 4. The lowest BCUT2D eigenvalue weighted by Crippen LogP contribution is -2.12. The molecule has 2 rings (SSSR count). The van der Waals surface area contributed by atoms with E-state index in [0.717, 1.165) is 25.1 Å². The summed E-state index contributed by atoms with van der Waals surface area (Å²) in [7, 11) is 0. The van der Waals surface area contributed by atoms with Gasteiger partial charge in [-0.3, -0.25) is 0 Å². The molecule has 0 aromatic carbocycles. The van der Waals surface area contributed by atoms with Gasteiger partial charge in [-0.1, -0.05) is 30.4 Å². The van der Waals surface area contributed by atoms with E-state index in [1.54, 1.807) is 5.57 Å². The Morgan fingerprint density at radius 2 is 2.33 bits per heavy atom. The van der Waals surface area contributed by atoms with Gasteiger partial charge in [0.2, 0.25) is 0 Å². The first-order valence-electron chi connectivity index (χ1n) is 4.34. The van der Waals surface area contributed by atoms with E-state index in [9.17, 15) is 0 Å². The molecular formula is C11H13N. The molecule has 0 fully saturated rings. The molecular weight excluding hydrogens is 146 g/mol. The van der Waals surface area contributed by atoms with Gasteiger partial charge in [-0.05, 0) is 24.5 Å². The zero-order chi connectivity index (χ0) is 8.39. The van der Waals surface area contributed by atoms with Crippen LogP contribution in [-0.4, -0.2) is 6.54 Å². The monoisotopic (exact) mass is 159 g/mol. The summed E-state index contributed by atoms with van der Waals surface area (Å²) >= 11 is 0. The third-order valence-corrected chi connectivity index (χ3v) is 2.41. The van der Waals surface area contributed by atoms with Crippen LogP contribution in [0.1, 0.15) is 12.8 Å². The molecule has 2 aliphatic rings. The van der Waals surface area contributed by atoms with Crippen LogP contribution < -0.4 is 5.32 Å². The van der Waals surface area contributed by atoms with E-state index in [1.807, 2.05) is 6.08 Å². The molecule has 1 aliphatic carbocycles. The zero-order valence-corrected chi connectivity index (χ0v) is 7.14. The Morgan fingerprint density at radius 3 is 3.17 bits per heavy atom. The van der Waals surface area contributed by atoms with E-state index >= 15 is 0 Å². The van der Waals surface area contributed by atoms with Gasteiger partial charge in [0.15, 0.2) is 0 Å². The number of rotatable bonds is 1. The summed E-state index contributed by atoms with van der Waals surface area (Å²) < 4.78 is 0. The van der Waals surface area contributed by atoms with Gasteiger partial charge in [-0.25, -0.2) is 0 Å². The topological polar surface area (TPSA) is 12.0 Å². The minimum absolute atomic E-state index is 0.962. The van der Waals surface area contributed by atoms with Crippen molar-refractivity contribution in [3.8, 4) is 0 Å². The van der Waals surface area contributed by atoms with Crippen molar-refractivity contribution in [1.82, 2.24) is 5.32 Å². The molecule has 0 bridgehead atoms.